The Kier molecular flexibility index (Phi) is 4.49. The van der Waals surface area contributed by atoms with Crippen LogP contribution in [0.4, 0.5) is 5.82 Å². The Labute approximate surface area is 114 Å². The van der Waals surface area contributed by atoms with Gasteiger partial charge in [-0.1, -0.05) is 6.92 Å². The number of aryl methyl sites for hydroxylation is 2. The third kappa shape index (κ3) is 3.30. The van der Waals surface area contributed by atoms with Crippen molar-refractivity contribution in [1.29, 1.82) is 0 Å². The quantitative estimate of drug-likeness (QED) is 0.864. The molecule has 0 bridgehead atoms. The molecule has 0 aromatic carbocycles. The van der Waals surface area contributed by atoms with Crippen LogP contribution in [0.2, 0.25) is 0 Å². The molecule has 0 aliphatic rings. The highest BCUT2D eigenvalue weighted by atomic mass is 15.1. The number of nitrogens with one attached hydrogen (secondary N) is 1. The minimum atomic E-state index is 0.745. The predicted molar refractivity (Wildman–Crippen MR) is 76.3 cm³/mol. The summed E-state index contributed by atoms with van der Waals surface area (Å²) >= 11 is 0. The van der Waals surface area contributed by atoms with E-state index in [1.54, 1.807) is 0 Å². The van der Waals surface area contributed by atoms with Crippen LogP contribution in [0, 0.1) is 0 Å². The van der Waals surface area contributed by atoms with Crippen LogP contribution >= 0.6 is 0 Å². The molecule has 19 heavy (non-hydrogen) atoms. The van der Waals surface area contributed by atoms with Crippen LogP contribution in [0.5, 0.6) is 0 Å². The summed E-state index contributed by atoms with van der Waals surface area (Å²) in [6, 6.07) is 2.01. The van der Waals surface area contributed by atoms with E-state index in [0.29, 0.717) is 0 Å². The van der Waals surface area contributed by atoms with Gasteiger partial charge >= 0.3 is 0 Å². The monoisotopic (exact) mass is 259 g/mol. The molecule has 1 N–H and O–H groups in total. The van der Waals surface area contributed by atoms with Crippen molar-refractivity contribution in [3.8, 4) is 0 Å². The zero-order chi connectivity index (χ0) is 13.7. The fourth-order valence-electron chi connectivity index (χ4n) is 2.03. The van der Waals surface area contributed by atoms with Crippen molar-refractivity contribution in [3.05, 3.63) is 35.8 Å². The lowest BCUT2D eigenvalue weighted by Gasteiger charge is -2.09. The average Bonchev–Trinajstić information content (AvgIpc) is 2.86. The van der Waals surface area contributed by atoms with Gasteiger partial charge in [-0.2, -0.15) is 0 Å². The number of nitrogens with zero attached hydrogens (tertiary/aromatic N) is 4. The number of rotatable bonds is 6. The first-order valence-corrected chi connectivity index (χ1v) is 6.87. The molecule has 0 amide bonds. The van der Waals surface area contributed by atoms with Gasteiger partial charge in [-0.25, -0.2) is 15.0 Å². The smallest absolute Gasteiger partial charge is 0.130 e. The van der Waals surface area contributed by atoms with Gasteiger partial charge in [0, 0.05) is 44.4 Å². The highest BCUT2D eigenvalue weighted by molar-refractivity contribution is 5.36. The molecule has 102 valence electrons. The maximum atomic E-state index is 4.58. The van der Waals surface area contributed by atoms with Crippen LogP contribution in [0.15, 0.2) is 18.5 Å². The number of hydrogen-bond donors (Lipinski definition) is 1. The number of aromatic nitrogens is 4. The van der Waals surface area contributed by atoms with Gasteiger partial charge < -0.3 is 9.88 Å². The van der Waals surface area contributed by atoms with E-state index in [4.69, 9.17) is 0 Å². The average molecular weight is 259 g/mol. The van der Waals surface area contributed by atoms with Crippen molar-refractivity contribution < 1.29 is 0 Å². The molecule has 2 heterocycles. The van der Waals surface area contributed by atoms with Crippen LogP contribution in [0.25, 0.3) is 0 Å². The summed E-state index contributed by atoms with van der Waals surface area (Å²) in [5.74, 6) is 2.83. The van der Waals surface area contributed by atoms with Crippen molar-refractivity contribution >= 4 is 5.82 Å². The third-order valence-electron chi connectivity index (χ3n) is 2.98. The summed E-state index contributed by atoms with van der Waals surface area (Å²) in [6.07, 6.45) is 5.43. The number of anilines is 1. The highest BCUT2D eigenvalue weighted by Crippen LogP contribution is 2.11. The van der Waals surface area contributed by atoms with E-state index in [1.165, 1.54) is 0 Å². The van der Waals surface area contributed by atoms with Gasteiger partial charge in [-0.15, -0.1) is 0 Å². The molecule has 5 heteroatoms. The highest BCUT2D eigenvalue weighted by Gasteiger charge is 2.07. The van der Waals surface area contributed by atoms with Gasteiger partial charge in [0.15, 0.2) is 0 Å². The Hall–Kier alpha value is -1.91. The standard InChI is InChI=1S/C14H21N5/c1-4-12-17-11(9-13(18-12)15-5-2)10-14-16-7-8-19(14)6-3/h7-9H,4-6,10H2,1-3H3,(H,15,17,18). The molecule has 0 aliphatic carbocycles. The molecule has 0 aliphatic heterocycles. The van der Waals surface area contributed by atoms with E-state index in [2.05, 4.69) is 45.6 Å². The van der Waals surface area contributed by atoms with E-state index < -0.39 is 0 Å². The summed E-state index contributed by atoms with van der Waals surface area (Å²) in [5.41, 5.74) is 1.02. The van der Waals surface area contributed by atoms with Crippen molar-refractivity contribution in [3.63, 3.8) is 0 Å². The summed E-state index contributed by atoms with van der Waals surface area (Å²) in [6.45, 7) is 8.05. The maximum absolute atomic E-state index is 4.58. The summed E-state index contributed by atoms with van der Waals surface area (Å²) in [7, 11) is 0. The van der Waals surface area contributed by atoms with E-state index >= 15 is 0 Å². The molecule has 0 saturated carbocycles. The van der Waals surface area contributed by atoms with Gasteiger partial charge in [-0.05, 0) is 13.8 Å². The Morgan fingerprint density at radius 3 is 2.74 bits per heavy atom. The molecular formula is C14H21N5. The first kappa shape index (κ1) is 13.5. The lowest BCUT2D eigenvalue weighted by molar-refractivity contribution is 0.706. The summed E-state index contributed by atoms with van der Waals surface area (Å²) in [4.78, 5) is 13.4. The molecule has 2 rings (SSSR count). The van der Waals surface area contributed by atoms with Gasteiger partial charge in [0.2, 0.25) is 0 Å². The molecular weight excluding hydrogens is 238 g/mol. The molecule has 0 unspecified atom stereocenters. The second-order valence-electron chi connectivity index (χ2n) is 4.35. The Morgan fingerprint density at radius 2 is 2.05 bits per heavy atom. The lowest BCUT2D eigenvalue weighted by atomic mass is 10.2. The predicted octanol–water partition coefficient (Wildman–Crippen LogP) is 2.28. The van der Waals surface area contributed by atoms with E-state index in [1.807, 2.05) is 18.5 Å². The molecule has 5 nitrogen and oxygen atoms in total. The topological polar surface area (TPSA) is 55.6 Å². The van der Waals surface area contributed by atoms with E-state index in [0.717, 1.165) is 49.1 Å². The second-order valence-corrected chi connectivity index (χ2v) is 4.35. The first-order chi connectivity index (χ1) is 9.26. The lowest BCUT2D eigenvalue weighted by Crippen LogP contribution is -2.08. The van der Waals surface area contributed by atoms with E-state index in [-0.39, 0.29) is 0 Å². The normalized spacial score (nSPS) is 10.7. The molecule has 0 saturated heterocycles. The minimum absolute atomic E-state index is 0.745. The van der Waals surface area contributed by atoms with Crippen molar-refractivity contribution in [2.75, 3.05) is 11.9 Å². The van der Waals surface area contributed by atoms with Crippen LogP contribution in [0.3, 0.4) is 0 Å². The van der Waals surface area contributed by atoms with Gasteiger partial charge in [-0.3, -0.25) is 0 Å². The molecule has 2 aromatic heterocycles. The van der Waals surface area contributed by atoms with Crippen molar-refractivity contribution in [2.45, 2.75) is 40.2 Å². The number of hydrogen-bond acceptors (Lipinski definition) is 4. The van der Waals surface area contributed by atoms with E-state index in [9.17, 15) is 0 Å². The van der Waals surface area contributed by atoms with Crippen LogP contribution in [-0.2, 0) is 19.4 Å². The van der Waals surface area contributed by atoms with Gasteiger partial charge in [0.1, 0.15) is 17.5 Å². The maximum Gasteiger partial charge on any atom is 0.130 e. The van der Waals surface area contributed by atoms with Gasteiger partial charge in [0.05, 0.1) is 5.69 Å². The second kappa shape index (κ2) is 6.31. The molecule has 0 spiro atoms. The van der Waals surface area contributed by atoms with Crippen LogP contribution in [0.1, 0.15) is 38.1 Å². The molecule has 2 aromatic rings. The largest absolute Gasteiger partial charge is 0.370 e. The molecule has 0 fully saturated rings. The Balaban J connectivity index is 2.26. The summed E-state index contributed by atoms with van der Waals surface area (Å²) < 4.78 is 2.14. The first-order valence-electron chi connectivity index (χ1n) is 6.87. The SMILES string of the molecule is CCNc1cc(Cc2nccn2CC)nc(CC)n1. The molecule has 0 radical (unpaired) electrons. The fourth-order valence-corrected chi connectivity index (χ4v) is 2.03. The molecule has 0 atom stereocenters. The minimum Gasteiger partial charge on any atom is -0.370 e. The van der Waals surface area contributed by atoms with Crippen molar-refractivity contribution in [1.82, 2.24) is 19.5 Å². The zero-order valence-corrected chi connectivity index (χ0v) is 11.8. The van der Waals surface area contributed by atoms with Crippen LogP contribution < -0.4 is 5.32 Å². The van der Waals surface area contributed by atoms with Gasteiger partial charge in [0.25, 0.3) is 0 Å². The van der Waals surface area contributed by atoms with Crippen molar-refractivity contribution in [2.24, 2.45) is 0 Å². The number of imidazole rings is 1. The van der Waals surface area contributed by atoms with Crippen LogP contribution in [-0.4, -0.2) is 26.1 Å². The Morgan fingerprint density at radius 1 is 1.21 bits per heavy atom. The fraction of sp³-hybridized carbons (Fsp3) is 0.500. The third-order valence-corrected chi connectivity index (χ3v) is 2.98. The zero-order valence-electron chi connectivity index (χ0n) is 11.8. The Bertz CT molecular complexity index is 532. The summed E-state index contributed by atoms with van der Waals surface area (Å²) in [5, 5.41) is 3.25.